The topological polar surface area (TPSA) is 32.3 Å². The summed E-state index contributed by atoms with van der Waals surface area (Å²) in [6.07, 6.45) is 12.6. The molecule has 0 radical (unpaired) electrons. The number of allylic oxidation sites excluding steroid dienone is 1. The molecule has 0 amide bonds. The molecule has 2 aromatic rings. The van der Waals surface area contributed by atoms with Crippen LogP contribution in [0.3, 0.4) is 0 Å². The van der Waals surface area contributed by atoms with Gasteiger partial charge in [-0.25, -0.2) is 4.39 Å². The van der Waals surface area contributed by atoms with Gasteiger partial charge in [-0.3, -0.25) is 0 Å². The number of rotatable bonds is 2. The zero-order valence-corrected chi connectivity index (χ0v) is 21.9. The van der Waals surface area contributed by atoms with Crippen molar-refractivity contribution in [3.63, 3.8) is 0 Å². The van der Waals surface area contributed by atoms with E-state index in [2.05, 4.69) is 61.5 Å². The summed E-state index contributed by atoms with van der Waals surface area (Å²) in [5.74, 6) is 1.02. The minimum atomic E-state index is -0.937. The summed E-state index contributed by atoms with van der Waals surface area (Å²) < 4.78 is 21.2. The Morgan fingerprint density at radius 2 is 1.89 bits per heavy atom. The second-order valence-electron chi connectivity index (χ2n) is 13.5. The Kier molecular flexibility index (Phi) is 4.68. The molecule has 2 saturated carbocycles. The average molecular weight is 500 g/mol. The molecule has 2 aromatic carbocycles. The Morgan fingerprint density at radius 1 is 1.03 bits per heavy atom. The first-order valence-corrected chi connectivity index (χ1v) is 14.7. The third-order valence-corrected chi connectivity index (χ3v) is 11.8. The first-order chi connectivity index (χ1) is 17.8. The Hall–Kier alpha value is -2.01. The number of ether oxygens (including phenoxy) is 1. The van der Waals surface area contributed by atoms with Gasteiger partial charge >= 0.3 is 0 Å². The molecular weight excluding hydrogens is 461 g/mol. The lowest BCUT2D eigenvalue weighted by Gasteiger charge is -2.56. The maximum atomic E-state index is 14.1. The maximum absolute atomic E-state index is 14.1. The van der Waals surface area contributed by atoms with Crippen LogP contribution >= 0.6 is 0 Å². The molecule has 3 aliphatic carbocycles. The first kappa shape index (κ1) is 22.9. The van der Waals surface area contributed by atoms with E-state index in [1.807, 2.05) is 0 Å². The van der Waals surface area contributed by atoms with Crippen LogP contribution in [-0.2, 0) is 4.74 Å². The van der Waals surface area contributed by atoms with Gasteiger partial charge in [0.2, 0.25) is 0 Å². The highest BCUT2D eigenvalue weighted by molar-refractivity contribution is 5.83. The SMILES string of the molecule is C[C@]12CC=C3C=C4CC[C@@H]([N+]5([O-])CC[C@@H](F)C5)C[C@]45CC[C@]3(O5)[C@@H]1CC[C@@H]2c1ccc2ccccc2c1. The summed E-state index contributed by atoms with van der Waals surface area (Å²) in [5.41, 5.74) is 3.96. The highest BCUT2D eigenvalue weighted by Gasteiger charge is 2.67. The van der Waals surface area contributed by atoms with Crippen LogP contribution in [0, 0.1) is 16.5 Å². The van der Waals surface area contributed by atoms with E-state index in [-0.39, 0.29) is 33.9 Å². The molecule has 6 aliphatic rings. The second kappa shape index (κ2) is 7.55. The van der Waals surface area contributed by atoms with E-state index in [0.29, 0.717) is 24.8 Å². The fourth-order valence-electron chi connectivity index (χ4n) is 9.96. The van der Waals surface area contributed by atoms with Crippen LogP contribution in [-0.4, -0.2) is 41.2 Å². The molecule has 4 fully saturated rings. The van der Waals surface area contributed by atoms with Gasteiger partial charge in [0.05, 0.1) is 23.8 Å². The fourth-order valence-corrected chi connectivity index (χ4v) is 9.96. The highest BCUT2D eigenvalue weighted by Crippen LogP contribution is 2.69. The van der Waals surface area contributed by atoms with Gasteiger partial charge in [0.15, 0.2) is 6.17 Å². The molecule has 0 N–H and O–H groups in total. The van der Waals surface area contributed by atoms with Crippen molar-refractivity contribution in [3.05, 3.63) is 76.5 Å². The standard InChI is InChI=1S/C33H38FNO2/c1-31-14-12-26-19-25-8-9-28(35(36)17-13-27(34)21-35)20-32(25)15-16-33(26,37-32)30(31)11-10-29(31)24-7-6-22-4-2-3-5-23(22)18-24/h2-7,12,18-19,27-30H,8-11,13-17,20-21H2,1H3/t27-,28-,29-,30-,31-,32-,33-,35?/m1/s1. The minimum Gasteiger partial charge on any atom is -0.633 e. The molecule has 8 atom stereocenters. The van der Waals surface area contributed by atoms with Crippen molar-refractivity contribution < 1.29 is 13.8 Å². The molecule has 194 valence electrons. The van der Waals surface area contributed by atoms with Gasteiger partial charge in [-0.05, 0) is 83.3 Å². The Labute approximate surface area is 219 Å². The molecule has 4 heteroatoms. The third kappa shape index (κ3) is 3.04. The molecule has 8 rings (SSSR count). The molecule has 0 aromatic heterocycles. The van der Waals surface area contributed by atoms with Crippen LogP contribution in [0.1, 0.15) is 76.2 Å². The number of nitrogens with zero attached hydrogens (tertiary/aromatic N) is 1. The number of quaternary nitrogens is 1. The Balaban J connectivity index is 1.14. The van der Waals surface area contributed by atoms with Crippen molar-refractivity contribution in [1.29, 1.82) is 0 Å². The van der Waals surface area contributed by atoms with Crippen LogP contribution in [0.2, 0.25) is 0 Å². The van der Waals surface area contributed by atoms with Gasteiger partial charge in [-0.15, -0.1) is 0 Å². The summed E-state index contributed by atoms with van der Waals surface area (Å²) in [4.78, 5) is 0. The van der Waals surface area contributed by atoms with E-state index in [1.54, 1.807) is 0 Å². The van der Waals surface area contributed by atoms with Gasteiger partial charge < -0.3 is 14.6 Å². The fraction of sp³-hybridized carbons (Fsp3) is 0.576. The van der Waals surface area contributed by atoms with Crippen molar-refractivity contribution in [2.75, 3.05) is 13.1 Å². The van der Waals surface area contributed by atoms with Crippen molar-refractivity contribution in [2.45, 2.75) is 94.0 Å². The van der Waals surface area contributed by atoms with Gasteiger partial charge in [0, 0.05) is 19.3 Å². The van der Waals surface area contributed by atoms with Gasteiger partial charge in [-0.2, -0.15) is 0 Å². The first-order valence-electron chi connectivity index (χ1n) is 14.7. The van der Waals surface area contributed by atoms with Gasteiger partial charge in [-0.1, -0.05) is 61.5 Å². The molecule has 2 bridgehead atoms. The summed E-state index contributed by atoms with van der Waals surface area (Å²) >= 11 is 0. The second-order valence-corrected chi connectivity index (χ2v) is 13.5. The van der Waals surface area contributed by atoms with Gasteiger partial charge in [0.25, 0.3) is 0 Å². The predicted octanol–water partition coefficient (Wildman–Crippen LogP) is 7.51. The molecule has 3 heterocycles. The van der Waals surface area contributed by atoms with E-state index >= 15 is 0 Å². The minimum absolute atomic E-state index is 0.0255. The number of halogens is 1. The van der Waals surface area contributed by atoms with Crippen molar-refractivity contribution in [2.24, 2.45) is 11.3 Å². The molecule has 1 unspecified atom stereocenters. The quantitative estimate of drug-likeness (QED) is 0.316. The number of benzene rings is 2. The Morgan fingerprint density at radius 3 is 2.73 bits per heavy atom. The normalized spacial score (nSPS) is 46.2. The van der Waals surface area contributed by atoms with Crippen LogP contribution in [0.15, 0.2) is 65.8 Å². The number of likely N-dealkylation sites (tertiary alicyclic amines) is 1. The lowest BCUT2D eigenvalue weighted by Crippen LogP contribution is -2.58. The lowest BCUT2D eigenvalue weighted by molar-refractivity contribution is -0.896. The van der Waals surface area contributed by atoms with Gasteiger partial charge in [0.1, 0.15) is 6.54 Å². The smallest absolute Gasteiger partial charge is 0.154 e. The zero-order valence-electron chi connectivity index (χ0n) is 21.9. The number of hydroxylamine groups is 3. The van der Waals surface area contributed by atoms with E-state index in [4.69, 9.17) is 4.74 Å². The lowest BCUT2D eigenvalue weighted by atomic mass is 9.58. The molecule has 3 aliphatic heterocycles. The number of alkyl halides is 1. The monoisotopic (exact) mass is 499 g/mol. The van der Waals surface area contributed by atoms with Crippen LogP contribution < -0.4 is 0 Å². The van der Waals surface area contributed by atoms with Crippen LogP contribution in [0.5, 0.6) is 0 Å². The molecule has 2 saturated heterocycles. The van der Waals surface area contributed by atoms with E-state index in [9.17, 15) is 9.60 Å². The molecule has 3 nitrogen and oxygen atoms in total. The van der Waals surface area contributed by atoms with E-state index in [1.165, 1.54) is 40.3 Å². The van der Waals surface area contributed by atoms with E-state index in [0.717, 1.165) is 38.5 Å². The number of hydrogen-bond donors (Lipinski definition) is 0. The number of hydrogen-bond acceptors (Lipinski definition) is 2. The summed E-state index contributed by atoms with van der Waals surface area (Å²) in [6, 6.07) is 15.8. The average Bonchev–Trinajstić information content (AvgIpc) is 3.55. The summed E-state index contributed by atoms with van der Waals surface area (Å²) in [5, 5.41) is 16.3. The molecular formula is C33H38FNO2. The zero-order chi connectivity index (χ0) is 25.0. The third-order valence-electron chi connectivity index (χ3n) is 11.8. The highest BCUT2D eigenvalue weighted by atomic mass is 19.1. The van der Waals surface area contributed by atoms with Crippen LogP contribution in [0.25, 0.3) is 10.8 Å². The summed E-state index contributed by atoms with van der Waals surface area (Å²) in [6.45, 7) is 3.10. The Bertz CT molecular complexity index is 1350. The maximum Gasteiger partial charge on any atom is 0.154 e. The van der Waals surface area contributed by atoms with E-state index < -0.39 is 6.17 Å². The predicted molar refractivity (Wildman–Crippen MR) is 145 cm³/mol. The molecule has 2 spiro atoms. The summed E-state index contributed by atoms with van der Waals surface area (Å²) in [7, 11) is 0. The van der Waals surface area contributed by atoms with Crippen molar-refractivity contribution in [1.82, 2.24) is 0 Å². The largest absolute Gasteiger partial charge is 0.633 e. The number of fused-ring (bicyclic) bond motifs is 2. The molecule has 37 heavy (non-hydrogen) atoms. The van der Waals surface area contributed by atoms with Crippen molar-refractivity contribution >= 4 is 10.8 Å². The van der Waals surface area contributed by atoms with Crippen molar-refractivity contribution in [3.8, 4) is 0 Å². The van der Waals surface area contributed by atoms with Crippen LogP contribution in [0.4, 0.5) is 4.39 Å².